The van der Waals surface area contributed by atoms with Crippen molar-refractivity contribution in [2.24, 2.45) is 5.92 Å². The van der Waals surface area contributed by atoms with Gasteiger partial charge in [-0.2, -0.15) is 0 Å². The van der Waals surface area contributed by atoms with Gasteiger partial charge in [0.25, 0.3) is 0 Å². The first kappa shape index (κ1) is 30.9. The summed E-state index contributed by atoms with van der Waals surface area (Å²) in [5.41, 5.74) is 3.80. The summed E-state index contributed by atoms with van der Waals surface area (Å²) >= 11 is 0. The Morgan fingerprint density at radius 1 is 0.778 bits per heavy atom. The summed E-state index contributed by atoms with van der Waals surface area (Å²) in [6, 6.07) is 30.4. The van der Waals surface area contributed by atoms with Gasteiger partial charge in [-0.3, -0.25) is 4.79 Å². The predicted octanol–water partition coefficient (Wildman–Crippen LogP) is 3.79. The van der Waals surface area contributed by atoms with Gasteiger partial charge in [0.05, 0.1) is 24.7 Å². The fourth-order valence-corrected chi connectivity index (χ4v) is 6.57. The maximum atomic E-state index is 13.5. The minimum absolute atomic E-state index is 0.0249. The molecule has 2 heterocycles. The van der Waals surface area contributed by atoms with Crippen molar-refractivity contribution in [3.63, 3.8) is 0 Å². The molecule has 234 valence electrons. The van der Waals surface area contributed by atoms with Gasteiger partial charge in [0.1, 0.15) is 36.3 Å². The topological polar surface area (TPSA) is 151 Å². The zero-order chi connectivity index (χ0) is 31.7. The SMILES string of the molecule is O=C1[C@H](CC[C@H](O)c2ccccc2)[C@@H](c2ccc(-c3ccccc3[C@@H]3O[C@H](CO)[C@@H](O)[C@H](O)[C@H]3O)cc2O)N1c1ccccc1. The van der Waals surface area contributed by atoms with Crippen LogP contribution in [0.5, 0.6) is 5.75 Å². The minimum atomic E-state index is -1.53. The minimum Gasteiger partial charge on any atom is -0.508 e. The number of aromatic hydroxyl groups is 1. The van der Waals surface area contributed by atoms with E-state index in [9.17, 15) is 35.4 Å². The summed E-state index contributed by atoms with van der Waals surface area (Å²) < 4.78 is 5.83. The smallest absolute Gasteiger partial charge is 0.233 e. The van der Waals surface area contributed by atoms with Crippen molar-refractivity contribution in [1.29, 1.82) is 0 Å². The third kappa shape index (κ3) is 5.86. The molecule has 0 aromatic heterocycles. The Balaban J connectivity index is 1.31. The van der Waals surface area contributed by atoms with Crippen molar-refractivity contribution >= 4 is 11.6 Å². The Bertz CT molecular complexity index is 1610. The van der Waals surface area contributed by atoms with Crippen LogP contribution in [0.15, 0.2) is 103 Å². The molecule has 6 N–H and O–H groups in total. The molecule has 45 heavy (non-hydrogen) atoms. The summed E-state index contributed by atoms with van der Waals surface area (Å²) in [7, 11) is 0. The second-order valence-electron chi connectivity index (χ2n) is 11.7. The average Bonchev–Trinajstić information content (AvgIpc) is 3.07. The van der Waals surface area contributed by atoms with Crippen LogP contribution in [0.1, 0.15) is 47.8 Å². The first-order valence-corrected chi connectivity index (χ1v) is 15.1. The maximum absolute atomic E-state index is 13.5. The lowest BCUT2D eigenvalue weighted by molar-refractivity contribution is -0.231. The number of hydrogen-bond acceptors (Lipinski definition) is 8. The predicted molar refractivity (Wildman–Crippen MR) is 167 cm³/mol. The molecule has 2 aliphatic rings. The van der Waals surface area contributed by atoms with Gasteiger partial charge in [0.15, 0.2) is 0 Å². The largest absolute Gasteiger partial charge is 0.508 e. The Hall–Kier alpha value is -4.09. The zero-order valence-corrected chi connectivity index (χ0v) is 24.5. The van der Waals surface area contributed by atoms with Crippen LogP contribution in [-0.4, -0.2) is 67.6 Å². The number of ether oxygens (including phenoxy) is 1. The highest BCUT2D eigenvalue weighted by Gasteiger charge is 2.49. The third-order valence-corrected chi connectivity index (χ3v) is 9.00. The van der Waals surface area contributed by atoms with Crippen molar-refractivity contribution < 1.29 is 40.2 Å². The van der Waals surface area contributed by atoms with Crippen LogP contribution in [0.4, 0.5) is 5.69 Å². The highest BCUT2D eigenvalue weighted by molar-refractivity contribution is 6.03. The number of rotatable bonds is 9. The van der Waals surface area contributed by atoms with Crippen LogP contribution in [0.25, 0.3) is 11.1 Å². The van der Waals surface area contributed by atoms with E-state index >= 15 is 0 Å². The standard InChI is InChI=1S/C36H37NO8/c38-20-30-32(41)33(42)34(43)35(45-30)25-14-8-7-13-24(25)22-15-16-26(29(40)19-22)31-27(17-18-28(39)21-9-3-1-4-10-21)36(44)37(31)23-11-5-2-6-12-23/h1-16,19,27-28,30-35,38-43H,17-18,20H2/t27-,28+,30-,31-,32-,33+,34-,35+/m1/s1. The van der Waals surface area contributed by atoms with Crippen LogP contribution in [0.2, 0.25) is 0 Å². The zero-order valence-electron chi connectivity index (χ0n) is 24.5. The monoisotopic (exact) mass is 611 g/mol. The molecule has 4 aromatic carbocycles. The van der Waals surface area contributed by atoms with Gasteiger partial charge in [-0.05, 0) is 53.3 Å². The lowest BCUT2D eigenvalue weighted by atomic mass is 9.77. The quantitative estimate of drug-likeness (QED) is 0.157. The van der Waals surface area contributed by atoms with Gasteiger partial charge >= 0.3 is 0 Å². The highest BCUT2D eigenvalue weighted by Crippen LogP contribution is 2.49. The van der Waals surface area contributed by atoms with Crippen LogP contribution in [-0.2, 0) is 9.53 Å². The number of phenols is 1. The van der Waals surface area contributed by atoms with Crippen molar-refractivity contribution in [3.8, 4) is 16.9 Å². The number of aliphatic hydroxyl groups excluding tert-OH is 5. The average molecular weight is 612 g/mol. The van der Waals surface area contributed by atoms with Gasteiger partial charge in [0.2, 0.25) is 5.91 Å². The molecule has 2 fully saturated rings. The molecule has 8 atom stereocenters. The first-order valence-electron chi connectivity index (χ1n) is 15.1. The van der Waals surface area contributed by atoms with E-state index in [0.29, 0.717) is 40.8 Å². The number of carbonyl (C=O) groups excluding carboxylic acids is 1. The lowest BCUT2D eigenvalue weighted by Gasteiger charge is -2.48. The highest BCUT2D eigenvalue weighted by atomic mass is 16.5. The maximum Gasteiger partial charge on any atom is 0.233 e. The van der Waals surface area contributed by atoms with Crippen molar-refractivity contribution in [1.82, 2.24) is 0 Å². The Morgan fingerprint density at radius 2 is 1.44 bits per heavy atom. The molecule has 0 aliphatic carbocycles. The molecular weight excluding hydrogens is 574 g/mol. The summed E-state index contributed by atoms with van der Waals surface area (Å²) in [4.78, 5) is 15.2. The van der Waals surface area contributed by atoms with E-state index in [1.165, 1.54) is 0 Å². The van der Waals surface area contributed by atoms with Crippen LogP contribution in [0.3, 0.4) is 0 Å². The molecule has 0 radical (unpaired) electrons. The molecular formula is C36H37NO8. The first-order chi connectivity index (χ1) is 21.8. The Morgan fingerprint density at radius 3 is 2.13 bits per heavy atom. The van der Waals surface area contributed by atoms with E-state index in [0.717, 1.165) is 5.56 Å². The fraction of sp³-hybridized carbons (Fsp3) is 0.306. The van der Waals surface area contributed by atoms with Crippen LogP contribution >= 0.6 is 0 Å². The van der Waals surface area contributed by atoms with E-state index < -0.39 is 55.2 Å². The Kier molecular flexibility index (Phi) is 9.00. The van der Waals surface area contributed by atoms with E-state index in [2.05, 4.69) is 0 Å². The van der Waals surface area contributed by atoms with Crippen LogP contribution < -0.4 is 4.90 Å². The molecule has 1 amide bonds. The van der Waals surface area contributed by atoms with E-state index in [1.54, 1.807) is 41.3 Å². The number of anilines is 1. The number of para-hydroxylation sites is 1. The molecule has 9 heteroatoms. The molecule has 6 rings (SSSR count). The lowest BCUT2D eigenvalue weighted by Crippen LogP contribution is -2.55. The van der Waals surface area contributed by atoms with Crippen molar-refractivity contribution in [3.05, 3.63) is 120 Å². The van der Waals surface area contributed by atoms with Crippen LogP contribution in [0, 0.1) is 5.92 Å². The van der Waals surface area contributed by atoms with E-state index in [1.807, 2.05) is 66.7 Å². The molecule has 2 saturated heterocycles. The number of hydrogen-bond donors (Lipinski definition) is 6. The van der Waals surface area contributed by atoms with E-state index in [-0.39, 0.29) is 11.7 Å². The van der Waals surface area contributed by atoms with Gasteiger partial charge in [-0.1, -0.05) is 84.9 Å². The Labute approximate surface area is 261 Å². The van der Waals surface area contributed by atoms with Gasteiger partial charge in [0, 0.05) is 11.3 Å². The molecule has 4 aromatic rings. The number of carbonyl (C=O) groups is 1. The number of aliphatic hydroxyl groups is 5. The summed E-state index contributed by atoms with van der Waals surface area (Å²) in [6.45, 7) is -0.541. The second-order valence-corrected chi connectivity index (χ2v) is 11.7. The molecule has 0 spiro atoms. The second kappa shape index (κ2) is 13.1. The molecule has 0 unspecified atom stereocenters. The van der Waals surface area contributed by atoms with Crippen molar-refractivity contribution in [2.45, 2.75) is 55.5 Å². The number of β-lactam (4-membered cyclic amide) rings is 1. The fourth-order valence-electron chi connectivity index (χ4n) is 6.57. The van der Waals surface area contributed by atoms with Gasteiger partial charge in [-0.15, -0.1) is 0 Å². The van der Waals surface area contributed by atoms with Gasteiger partial charge < -0.3 is 40.3 Å². The normalized spacial score (nSPS) is 27.2. The number of phenolic OH excluding ortho intramolecular Hbond substituents is 1. The van der Waals surface area contributed by atoms with Crippen molar-refractivity contribution in [2.75, 3.05) is 11.5 Å². The third-order valence-electron chi connectivity index (χ3n) is 9.00. The number of benzene rings is 4. The molecule has 0 bridgehead atoms. The molecule has 9 nitrogen and oxygen atoms in total. The number of nitrogens with zero attached hydrogens (tertiary/aromatic N) is 1. The summed E-state index contributed by atoms with van der Waals surface area (Å²) in [5, 5.41) is 63.4. The van der Waals surface area contributed by atoms with Gasteiger partial charge in [-0.25, -0.2) is 0 Å². The van der Waals surface area contributed by atoms with E-state index in [4.69, 9.17) is 4.74 Å². The summed E-state index contributed by atoms with van der Waals surface area (Å²) in [5.74, 6) is -0.562. The molecule has 0 saturated carbocycles. The summed E-state index contributed by atoms with van der Waals surface area (Å²) in [6.07, 6.45) is -6.48. The molecule has 2 aliphatic heterocycles. The number of amides is 1.